The number of hydrazone groups is 1. The number of hydrogen-bond acceptors (Lipinski definition) is 3. The Balaban J connectivity index is 2.46. The van der Waals surface area contributed by atoms with E-state index in [9.17, 15) is 9.59 Å². The number of nitrogens with zero attached hydrogens (tertiary/aromatic N) is 2. The molecule has 1 aliphatic rings. The van der Waals surface area contributed by atoms with Gasteiger partial charge in [0, 0.05) is 12.6 Å². The van der Waals surface area contributed by atoms with Crippen molar-refractivity contribution in [1.29, 1.82) is 0 Å². The smallest absolute Gasteiger partial charge is 0.277 e. The van der Waals surface area contributed by atoms with E-state index in [4.69, 9.17) is 11.6 Å². The van der Waals surface area contributed by atoms with Crippen LogP contribution in [0.1, 0.15) is 22.8 Å². The van der Waals surface area contributed by atoms with E-state index in [-0.39, 0.29) is 0 Å². The van der Waals surface area contributed by atoms with E-state index in [0.29, 0.717) is 11.3 Å². The number of hydrogen-bond donors (Lipinski definition) is 0. The molecule has 18 heavy (non-hydrogen) atoms. The second-order valence-corrected chi connectivity index (χ2v) is 4.94. The van der Waals surface area contributed by atoms with Crippen LogP contribution in [0.25, 0.3) is 0 Å². The fourth-order valence-corrected chi connectivity index (χ4v) is 2.23. The van der Waals surface area contributed by atoms with Gasteiger partial charge in [-0.1, -0.05) is 35.4 Å². The molecule has 0 spiro atoms. The summed E-state index contributed by atoms with van der Waals surface area (Å²) < 4.78 is 0. The number of aryl methyl sites for hydroxylation is 1. The highest BCUT2D eigenvalue weighted by Crippen LogP contribution is 2.30. The third-order valence-corrected chi connectivity index (χ3v) is 3.59. The van der Waals surface area contributed by atoms with Gasteiger partial charge in [-0.3, -0.25) is 9.59 Å². The lowest BCUT2D eigenvalue weighted by molar-refractivity contribution is -0.128. The van der Waals surface area contributed by atoms with Crippen molar-refractivity contribution < 1.29 is 9.59 Å². The molecule has 1 unspecified atom stereocenters. The maximum atomic E-state index is 12.4. The third kappa shape index (κ3) is 1.73. The minimum Gasteiger partial charge on any atom is -0.291 e. The molecule has 4 nitrogen and oxygen atoms in total. The Bertz CT molecular complexity index is 568. The normalized spacial score (nSPS) is 23.2. The molecule has 1 aromatic carbocycles. The summed E-state index contributed by atoms with van der Waals surface area (Å²) in [5.74, 6) is -0.934. The van der Waals surface area contributed by atoms with Gasteiger partial charge in [-0.05, 0) is 19.9 Å². The summed E-state index contributed by atoms with van der Waals surface area (Å²) in [4.78, 5) is 22.7. The zero-order valence-electron chi connectivity index (χ0n) is 10.4. The molecule has 1 aromatic rings. The van der Waals surface area contributed by atoms with Crippen LogP contribution in [0.4, 0.5) is 0 Å². The molecule has 94 valence electrons. The van der Waals surface area contributed by atoms with Gasteiger partial charge in [-0.25, -0.2) is 5.01 Å². The minimum absolute atomic E-state index is 0.308. The molecule has 5 heteroatoms. The van der Waals surface area contributed by atoms with Crippen molar-refractivity contribution >= 4 is 29.0 Å². The first kappa shape index (κ1) is 12.8. The summed E-state index contributed by atoms with van der Waals surface area (Å²) >= 11 is 6.23. The van der Waals surface area contributed by atoms with Gasteiger partial charge in [0.15, 0.2) is 5.78 Å². The predicted molar refractivity (Wildman–Crippen MR) is 70.0 cm³/mol. The van der Waals surface area contributed by atoms with E-state index in [0.717, 1.165) is 10.6 Å². The fourth-order valence-electron chi connectivity index (χ4n) is 1.96. The molecule has 0 aromatic heterocycles. The second kappa shape index (κ2) is 4.21. The van der Waals surface area contributed by atoms with E-state index in [2.05, 4.69) is 5.10 Å². The number of amides is 1. The highest BCUT2D eigenvalue weighted by molar-refractivity contribution is 6.60. The molecule has 1 aliphatic heterocycles. The highest BCUT2D eigenvalue weighted by atomic mass is 35.5. The van der Waals surface area contributed by atoms with Crippen molar-refractivity contribution in [3.05, 3.63) is 35.4 Å². The molecule has 0 aliphatic carbocycles. The van der Waals surface area contributed by atoms with Gasteiger partial charge in [0.05, 0.1) is 5.71 Å². The molecule has 1 amide bonds. The van der Waals surface area contributed by atoms with Crippen molar-refractivity contribution in [2.24, 2.45) is 5.10 Å². The van der Waals surface area contributed by atoms with Crippen molar-refractivity contribution in [3.8, 4) is 0 Å². The topological polar surface area (TPSA) is 49.7 Å². The van der Waals surface area contributed by atoms with Crippen LogP contribution in [0.2, 0.25) is 0 Å². The fraction of sp³-hybridized carbons (Fsp3) is 0.308. The largest absolute Gasteiger partial charge is 0.291 e. The first-order chi connectivity index (χ1) is 8.37. The summed E-state index contributed by atoms with van der Waals surface area (Å²) in [6, 6.07) is 7.00. The molecule has 0 bridgehead atoms. The van der Waals surface area contributed by atoms with Crippen molar-refractivity contribution in [3.63, 3.8) is 0 Å². The van der Waals surface area contributed by atoms with Gasteiger partial charge in [0.25, 0.3) is 5.91 Å². The summed E-state index contributed by atoms with van der Waals surface area (Å²) in [5.41, 5.74) is 1.67. The van der Waals surface area contributed by atoms with Crippen LogP contribution in [0, 0.1) is 6.92 Å². The monoisotopic (exact) mass is 264 g/mol. The lowest BCUT2D eigenvalue weighted by atomic mass is 9.92. The molecule has 2 rings (SSSR count). The maximum absolute atomic E-state index is 12.4. The molecule has 0 fully saturated rings. The zero-order chi connectivity index (χ0) is 13.5. The number of carbonyl (C=O) groups is 2. The van der Waals surface area contributed by atoms with Crippen LogP contribution in [0.5, 0.6) is 0 Å². The van der Waals surface area contributed by atoms with Gasteiger partial charge < -0.3 is 0 Å². The molecular formula is C13H13ClN2O2. The number of benzene rings is 1. The Labute approximate surface area is 110 Å². The van der Waals surface area contributed by atoms with Crippen molar-refractivity contribution in [2.45, 2.75) is 18.7 Å². The summed E-state index contributed by atoms with van der Waals surface area (Å²) in [6.45, 7) is 3.46. The predicted octanol–water partition coefficient (Wildman–Crippen LogP) is 2.00. The average molecular weight is 265 g/mol. The van der Waals surface area contributed by atoms with Crippen LogP contribution in [-0.2, 0) is 4.79 Å². The lowest BCUT2D eigenvalue weighted by Gasteiger charge is -2.18. The van der Waals surface area contributed by atoms with Gasteiger partial charge in [0.1, 0.15) is 0 Å². The van der Waals surface area contributed by atoms with Crippen LogP contribution >= 0.6 is 11.6 Å². The Kier molecular flexibility index (Phi) is 2.99. The number of carbonyl (C=O) groups excluding carboxylic acids is 2. The zero-order valence-corrected chi connectivity index (χ0v) is 11.2. The Morgan fingerprint density at radius 3 is 2.56 bits per heavy atom. The van der Waals surface area contributed by atoms with Gasteiger partial charge in [-0.15, -0.1) is 0 Å². The van der Waals surface area contributed by atoms with E-state index >= 15 is 0 Å². The Morgan fingerprint density at radius 2 is 2.06 bits per heavy atom. The summed E-state index contributed by atoms with van der Waals surface area (Å²) in [7, 11) is 1.49. The van der Waals surface area contributed by atoms with Crippen LogP contribution in [-0.4, -0.2) is 34.3 Å². The van der Waals surface area contributed by atoms with Gasteiger partial charge in [0.2, 0.25) is 4.87 Å². The van der Waals surface area contributed by atoms with E-state index < -0.39 is 16.6 Å². The number of halogens is 1. The third-order valence-electron chi connectivity index (χ3n) is 2.98. The number of Topliss-reactive ketones (excluding diaryl/α,β-unsaturated/α-hetero) is 1. The Hall–Kier alpha value is -1.68. The molecule has 1 atom stereocenters. The summed E-state index contributed by atoms with van der Waals surface area (Å²) in [6.07, 6.45) is 0. The maximum Gasteiger partial charge on any atom is 0.277 e. The molecular weight excluding hydrogens is 252 g/mol. The number of rotatable bonds is 2. The van der Waals surface area contributed by atoms with Gasteiger partial charge in [-0.2, -0.15) is 5.10 Å². The molecule has 0 saturated carbocycles. The van der Waals surface area contributed by atoms with Crippen LogP contribution in [0.15, 0.2) is 29.4 Å². The summed E-state index contributed by atoms with van der Waals surface area (Å²) in [5, 5.41) is 5.05. The number of alkyl halides is 1. The number of ketones is 1. The van der Waals surface area contributed by atoms with E-state index in [1.54, 1.807) is 25.1 Å². The Morgan fingerprint density at radius 1 is 1.39 bits per heavy atom. The van der Waals surface area contributed by atoms with Crippen molar-refractivity contribution in [1.82, 2.24) is 5.01 Å². The second-order valence-electron chi connectivity index (χ2n) is 4.37. The van der Waals surface area contributed by atoms with E-state index in [1.807, 2.05) is 13.0 Å². The van der Waals surface area contributed by atoms with Crippen LogP contribution in [0.3, 0.4) is 0 Å². The highest BCUT2D eigenvalue weighted by Gasteiger charge is 2.53. The molecule has 0 radical (unpaired) electrons. The van der Waals surface area contributed by atoms with Gasteiger partial charge >= 0.3 is 0 Å². The minimum atomic E-state index is -1.69. The van der Waals surface area contributed by atoms with Crippen molar-refractivity contribution in [2.75, 3.05) is 7.05 Å². The van der Waals surface area contributed by atoms with Crippen LogP contribution < -0.4 is 0 Å². The molecule has 1 heterocycles. The quantitative estimate of drug-likeness (QED) is 0.466. The SMILES string of the molecule is CC1=NN(C)C(=O)C1(Cl)C(=O)c1cccc(C)c1. The standard InChI is InChI=1S/C13H13ClN2O2/c1-8-5-4-6-10(7-8)11(17)13(14)9(2)15-16(3)12(13)18/h4-7H,1-3H3. The molecule has 0 saturated heterocycles. The van der Waals surface area contributed by atoms with E-state index in [1.165, 1.54) is 7.05 Å². The first-order valence-electron chi connectivity index (χ1n) is 5.51. The molecule has 0 N–H and O–H groups in total. The lowest BCUT2D eigenvalue weighted by Crippen LogP contribution is -2.46. The average Bonchev–Trinajstić information content (AvgIpc) is 2.53. The first-order valence-corrected chi connectivity index (χ1v) is 5.89.